The number of hydrogen-bond donors (Lipinski definition) is 2. The van der Waals surface area contributed by atoms with Gasteiger partial charge in [0.1, 0.15) is 5.76 Å². The third kappa shape index (κ3) is 1.72. The molecule has 0 spiro atoms. The van der Waals surface area contributed by atoms with Crippen molar-refractivity contribution in [3.05, 3.63) is 23.5 Å². The average Bonchev–Trinajstić information content (AvgIpc) is 2.12. The summed E-state index contributed by atoms with van der Waals surface area (Å²) in [5, 5.41) is 17.5. The number of allylic oxidation sites excluding steroid dienone is 2. The molecule has 2 N–H and O–H groups in total. The zero-order valence-corrected chi connectivity index (χ0v) is 7.52. The average molecular weight is 184 g/mol. The molecular formula is C9H12O4. The van der Waals surface area contributed by atoms with E-state index in [1.54, 1.807) is 13.0 Å². The van der Waals surface area contributed by atoms with Crippen LogP contribution in [0.5, 0.6) is 0 Å². The van der Waals surface area contributed by atoms with Crippen LogP contribution in [-0.2, 0) is 9.68 Å². The van der Waals surface area contributed by atoms with Crippen molar-refractivity contribution >= 4 is 5.97 Å². The fraction of sp³-hybridized carbons (Fsp3) is 0.444. The lowest BCUT2D eigenvalue weighted by molar-refractivity contribution is -0.230. The Balaban J connectivity index is 3.02. The second-order valence-corrected chi connectivity index (χ2v) is 3.18. The van der Waals surface area contributed by atoms with E-state index >= 15 is 0 Å². The molecule has 0 aromatic heterocycles. The summed E-state index contributed by atoms with van der Waals surface area (Å²) < 4.78 is 0. The fourth-order valence-corrected chi connectivity index (χ4v) is 1.34. The largest absolute Gasteiger partial charge is 0.507 e. The van der Waals surface area contributed by atoms with Crippen LogP contribution in [0, 0.1) is 11.8 Å². The van der Waals surface area contributed by atoms with E-state index in [-0.39, 0.29) is 23.2 Å². The molecule has 4 heteroatoms. The van der Waals surface area contributed by atoms with Gasteiger partial charge < -0.3 is 5.11 Å². The highest BCUT2D eigenvalue weighted by molar-refractivity contribution is 5.89. The quantitative estimate of drug-likeness (QED) is 0.480. The van der Waals surface area contributed by atoms with Gasteiger partial charge in [0.2, 0.25) is 0 Å². The lowest BCUT2D eigenvalue weighted by Gasteiger charge is -2.22. The molecule has 0 saturated carbocycles. The molecule has 0 radical (unpaired) electrons. The summed E-state index contributed by atoms with van der Waals surface area (Å²) in [4.78, 5) is 14.6. The monoisotopic (exact) mass is 184 g/mol. The molecule has 2 unspecified atom stereocenters. The predicted molar refractivity (Wildman–Crippen MR) is 45.8 cm³/mol. The van der Waals surface area contributed by atoms with E-state index in [0.29, 0.717) is 0 Å². The van der Waals surface area contributed by atoms with Gasteiger partial charge in [-0.15, -0.1) is 0 Å². The van der Waals surface area contributed by atoms with Crippen LogP contribution >= 0.6 is 0 Å². The maximum atomic E-state index is 11.0. The molecule has 0 aromatic rings. The first kappa shape index (κ1) is 9.80. The molecule has 2 atom stereocenters. The van der Waals surface area contributed by atoms with E-state index in [1.165, 1.54) is 6.08 Å². The third-order valence-electron chi connectivity index (χ3n) is 2.38. The van der Waals surface area contributed by atoms with Crippen LogP contribution in [0.15, 0.2) is 23.5 Å². The Morgan fingerprint density at radius 3 is 2.69 bits per heavy atom. The van der Waals surface area contributed by atoms with Crippen molar-refractivity contribution in [2.45, 2.75) is 13.8 Å². The number of hydrogen-bond acceptors (Lipinski definition) is 4. The maximum absolute atomic E-state index is 11.0. The molecule has 13 heavy (non-hydrogen) atoms. The number of aliphatic hydroxyl groups is 1. The van der Waals surface area contributed by atoms with E-state index in [9.17, 15) is 9.90 Å². The van der Waals surface area contributed by atoms with Crippen molar-refractivity contribution in [2.75, 3.05) is 0 Å². The summed E-state index contributed by atoms with van der Waals surface area (Å²) in [6.45, 7) is 3.70. The first-order valence-electron chi connectivity index (χ1n) is 4.05. The smallest absolute Gasteiger partial charge is 0.372 e. The molecular weight excluding hydrogens is 172 g/mol. The summed E-state index contributed by atoms with van der Waals surface area (Å²) in [5.74, 6) is -1.03. The fourth-order valence-electron chi connectivity index (χ4n) is 1.34. The number of rotatable bonds is 1. The molecule has 72 valence electrons. The number of carbonyl (C=O) groups excluding carboxylic acids is 1. The Morgan fingerprint density at radius 2 is 2.15 bits per heavy atom. The van der Waals surface area contributed by atoms with Crippen molar-refractivity contribution in [3.8, 4) is 0 Å². The van der Waals surface area contributed by atoms with Crippen LogP contribution in [0.3, 0.4) is 0 Å². The van der Waals surface area contributed by atoms with Crippen molar-refractivity contribution in [2.24, 2.45) is 11.8 Å². The Morgan fingerprint density at radius 1 is 1.54 bits per heavy atom. The molecule has 0 saturated heterocycles. The van der Waals surface area contributed by atoms with Crippen LogP contribution in [0.1, 0.15) is 13.8 Å². The van der Waals surface area contributed by atoms with Crippen LogP contribution in [-0.4, -0.2) is 16.3 Å². The minimum absolute atomic E-state index is 0.123. The van der Waals surface area contributed by atoms with Crippen LogP contribution in [0.25, 0.3) is 0 Å². The lowest BCUT2D eigenvalue weighted by Crippen LogP contribution is -2.21. The van der Waals surface area contributed by atoms with Gasteiger partial charge in [0.25, 0.3) is 0 Å². The minimum Gasteiger partial charge on any atom is -0.507 e. The summed E-state index contributed by atoms with van der Waals surface area (Å²) >= 11 is 0. The van der Waals surface area contributed by atoms with Crippen molar-refractivity contribution in [3.63, 3.8) is 0 Å². The Labute approximate surface area is 76.1 Å². The van der Waals surface area contributed by atoms with E-state index in [2.05, 4.69) is 4.89 Å². The Bertz CT molecular complexity index is 277. The topological polar surface area (TPSA) is 66.8 Å². The number of aliphatic hydroxyl groups excluding tert-OH is 1. The second-order valence-electron chi connectivity index (χ2n) is 3.18. The van der Waals surface area contributed by atoms with E-state index in [0.717, 1.165) is 0 Å². The zero-order valence-electron chi connectivity index (χ0n) is 7.52. The molecule has 0 aromatic carbocycles. The van der Waals surface area contributed by atoms with Gasteiger partial charge >= 0.3 is 5.97 Å². The van der Waals surface area contributed by atoms with Gasteiger partial charge in [0.15, 0.2) is 0 Å². The Kier molecular flexibility index (Phi) is 2.72. The van der Waals surface area contributed by atoms with Gasteiger partial charge in [-0.05, 0) is 17.9 Å². The van der Waals surface area contributed by atoms with Crippen molar-refractivity contribution in [1.29, 1.82) is 0 Å². The molecule has 1 rings (SSSR count). The molecule has 1 aliphatic carbocycles. The van der Waals surface area contributed by atoms with E-state index in [1.807, 2.05) is 6.92 Å². The third-order valence-corrected chi connectivity index (χ3v) is 2.38. The molecule has 0 amide bonds. The van der Waals surface area contributed by atoms with E-state index in [4.69, 9.17) is 5.26 Å². The van der Waals surface area contributed by atoms with Gasteiger partial charge in [-0.2, -0.15) is 5.26 Å². The number of carbonyl (C=O) groups is 1. The van der Waals surface area contributed by atoms with Gasteiger partial charge in [0, 0.05) is 0 Å². The highest BCUT2D eigenvalue weighted by Gasteiger charge is 2.28. The normalized spacial score (nSPS) is 27.6. The molecule has 0 aliphatic heterocycles. The highest BCUT2D eigenvalue weighted by Crippen LogP contribution is 2.29. The summed E-state index contributed by atoms with van der Waals surface area (Å²) in [6, 6.07) is 0. The molecule has 4 nitrogen and oxygen atoms in total. The Hall–Kier alpha value is -1.29. The van der Waals surface area contributed by atoms with Gasteiger partial charge in [0.05, 0.1) is 5.57 Å². The summed E-state index contributed by atoms with van der Waals surface area (Å²) in [5.41, 5.74) is 0.123. The van der Waals surface area contributed by atoms with Crippen molar-refractivity contribution in [1.82, 2.24) is 0 Å². The van der Waals surface area contributed by atoms with Crippen LogP contribution < -0.4 is 0 Å². The highest BCUT2D eigenvalue weighted by atomic mass is 17.1. The first-order valence-corrected chi connectivity index (χ1v) is 4.05. The first-order chi connectivity index (χ1) is 6.07. The standard InChI is InChI=1S/C9H12O4/c1-5-3-4-7(10)8(6(5)2)9(11)13-12/h3-6,10,12H,1-2H3. The summed E-state index contributed by atoms with van der Waals surface area (Å²) in [6.07, 6.45) is 3.24. The maximum Gasteiger partial charge on any atom is 0.372 e. The molecule has 1 aliphatic rings. The van der Waals surface area contributed by atoms with Crippen LogP contribution in [0.4, 0.5) is 0 Å². The predicted octanol–water partition coefficient (Wildman–Crippen LogP) is 1.66. The molecule has 0 fully saturated rings. The molecule has 0 heterocycles. The summed E-state index contributed by atoms with van der Waals surface area (Å²) in [7, 11) is 0. The van der Waals surface area contributed by atoms with Crippen molar-refractivity contribution < 1.29 is 20.0 Å². The van der Waals surface area contributed by atoms with Gasteiger partial charge in [-0.25, -0.2) is 4.79 Å². The van der Waals surface area contributed by atoms with Crippen LogP contribution in [0.2, 0.25) is 0 Å². The van der Waals surface area contributed by atoms with E-state index < -0.39 is 5.97 Å². The van der Waals surface area contributed by atoms with Gasteiger partial charge in [-0.3, -0.25) is 4.89 Å². The second kappa shape index (κ2) is 3.62. The lowest BCUT2D eigenvalue weighted by atomic mass is 9.84. The SMILES string of the molecule is CC1C=CC(O)=C(C(=O)OO)C1C. The minimum atomic E-state index is -0.888. The van der Waals surface area contributed by atoms with Gasteiger partial charge in [-0.1, -0.05) is 19.9 Å². The zero-order chi connectivity index (χ0) is 10.0. The molecule has 0 bridgehead atoms.